The second-order valence-electron chi connectivity index (χ2n) is 2.96. The highest BCUT2D eigenvalue weighted by Gasteiger charge is 2.19. The molecule has 0 aromatic heterocycles. The highest BCUT2D eigenvalue weighted by Crippen LogP contribution is 2.23. The smallest absolute Gasteiger partial charge is 0.162 e. The van der Waals surface area contributed by atoms with Crippen LogP contribution in [0.15, 0.2) is 24.8 Å². The lowest BCUT2D eigenvalue weighted by atomic mass is 9.99. The topological polar surface area (TPSA) is 37.3 Å². The summed E-state index contributed by atoms with van der Waals surface area (Å²) in [5, 5.41) is 9.45. The molecule has 0 saturated heterocycles. The average molecular weight is 194 g/mol. The molecule has 0 amide bonds. The van der Waals surface area contributed by atoms with Gasteiger partial charge in [-0.05, 0) is 18.6 Å². The number of hydrogen-bond acceptors (Lipinski definition) is 2. The number of rotatable bonds is 3. The van der Waals surface area contributed by atoms with Gasteiger partial charge in [0, 0.05) is 5.56 Å². The van der Waals surface area contributed by atoms with E-state index in [-0.39, 0.29) is 5.56 Å². The molecule has 1 aromatic carbocycles. The minimum absolute atomic E-state index is 0.00463. The van der Waals surface area contributed by atoms with Crippen molar-refractivity contribution >= 4 is 11.9 Å². The summed E-state index contributed by atoms with van der Waals surface area (Å²) in [6, 6.07) is 4.30. The second-order valence-corrected chi connectivity index (χ2v) is 2.96. The number of ketones is 1. The van der Waals surface area contributed by atoms with Gasteiger partial charge in [-0.1, -0.05) is 24.8 Å². The van der Waals surface area contributed by atoms with Crippen LogP contribution in [0.4, 0.5) is 4.39 Å². The van der Waals surface area contributed by atoms with Gasteiger partial charge in [0.25, 0.3) is 0 Å². The molecule has 0 aliphatic heterocycles. The molecule has 3 heteroatoms. The van der Waals surface area contributed by atoms with Crippen LogP contribution in [-0.2, 0) is 4.79 Å². The molecule has 0 heterocycles. The molecule has 0 fully saturated rings. The number of carbonyl (C=O) groups is 1. The van der Waals surface area contributed by atoms with Crippen LogP contribution in [0.3, 0.4) is 0 Å². The quantitative estimate of drug-likeness (QED) is 0.799. The summed E-state index contributed by atoms with van der Waals surface area (Å²) >= 11 is 0. The first-order valence-electron chi connectivity index (χ1n) is 4.17. The molecule has 1 unspecified atom stereocenters. The first-order chi connectivity index (χ1) is 6.57. The zero-order chi connectivity index (χ0) is 10.7. The van der Waals surface area contributed by atoms with Crippen molar-refractivity contribution in [3.05, 3.63) is 41.7 Å². The van der Waals surface area contributed by atoms with Gasteiger partial charge in [0.05, 0.1) is 0 Å². The van der Waals surface area contributed by atoms with Crippen molar-refractivity contribution in [2.75, 3.05) is 0 Å². The third-order valence-corrected chi connectivity index (χ3v) is 1.97. The van der Waals surface area contributed by atoms with Gasteiger partial charge < -0.3 is 5.11 Å². The second kappa shape index (κ2) is 4.15. The van der Waals surface area contributed by atoms with Gasteiger partial charge in [-0.15, -0.1) is 0 Å². The fourth-order valence-corrected chi connectivity index (χ4v) is 1.22. The van der Waals surface area contributed by atoms with Crippen molar-refractivity contribution < 1.29 is 14.3 Å². The molecule has 0 spiro atoms. The molecule has 1 rings (SSSR count). The number of carbonyl (C=O) groups excluding carboxylic acids is 1. The Morgan fingerprint density at radius 3 is 2.79 bits per heavy atom. The first-order valence-corrected chi connectivity index (χ1v) is 4.17. The Labute approximate surface area is 81.7 Å². The highest BCUT2D eigenvalue weighted by atomic mass is 19.1. The lowest BCUT2D eigenvalue weighted by molar-refractivity contribution is -0.125. The number of aliphatic hydroxyl groups excluding tert-OH is 1. The van der Waals surface area contributed by atoms with Gasteiger partial charge >= 0.3 is 0 Å². The fraction of sp³-hybridized carbons (Fsp3) is 0.182. The van der Waals surface area contributed by atoms with Gasteiger partial charge in [0.1, 0.15) is 11.9 Å². The van der Waals surface area contributed by atoms with E-state index in [1.54, 1.807) is 6.07 Å². The van der Waals surface area contributed by atoms with Crippen molar-refractivity contribution in [1.82, 2.24) is 0 Å². The van der Waals surface area contributed by atoms with Crippen LogP contribution in [0.1, 0.15) is 24.2 Å². The van der Waals surface area contributed by atoms with Gasteiger partial charge in [0.15, 0.2) is 5.78 Å². The molecule has 0 bridgehead atoms. The molecule has 1 N–H and O–H groups in total. The Morgan fingerprint density at radius 2 is 2.29 bits per heavy atom. The van der Waals surface area contributed by atoms with E-state index < -0.39 is 17.7 Å². The SMILES string of the molecule is C=Cc1cccc(F)c1C(O)C(C)=O. The van der Waals surface area contributed by atoms with Crippen LogP contribution in [0.2, 0.25) is 0 Å². The monoisotopic (exact) mass is 194 g/mol. The summed E-state index contributed by atoms with van der Waals surface area (Å²) in [6.45, 7) is 4.70. The number of aliphatic hydroxyl groups is 1. The van der Waals surface area contributed by atoms with Crippen molar-refractivity contribution in [3.8, 4) is 0 Å². The lowest BCUT2D eigenvalue weighted by Gasteiger charge is -2.11. The van der Waals surface area contributed by atoms with E-state index in [1.807, 2.05) is 0 Å². The first kappa shape index (κ1) is 10.6. The maximum atomic E-state index is 13.3. The molecule has 14 heavy (non-hydrogen) atoms. The molecule has 0 saturated carbocycles. The van der Waals surface area contributed by atoms with Crippen LogP contribution in [-0.4, -0.2) is 10.9 Å². The zero-order valence-electron chi connectivity index (χ0n) is 7.83. The lowest BCUT2D eigenvalue weighted by Crippen LogP contribution is -2.11. The van der Waals surface area contributed by atoms with E-state index >= 15 is 0 Å². The Kier molecular flexibility index (Phi) is 3.14. The van der Waals surface area contributed by atoms with Crippen LogP contribution < -0.4 is 0 Å². The molecular weight excluding hydrogens is 183 g/mol. The maximum Gasteiger partial charge on any atom is 0.162 e. The van der Waals surface area contributed by atoms with E-state index in [9.17, 15) is 14.3 Å². The predicted octanol–water partition coefficient (Wildman–Crippen LogP) is 2.09. The minimum Gasteiger partial charge on any atom is -0.380 e. The van der Waals surface area contributed by atoms with Gasteiger partial charge in [-0.3, -0.25) is 4.79 Å². The summed E-state index contributed by atoms with van der Waals surface area (Å²) in [7, 11) is 0. The van der Waals surface area contributed by atoms with E-state index in [0.29, 0.717) is 5.56 Å². The summed E-state index contributed by atoms with van der Waals surface area (Å²) < 4.78 is 13.3. The molecule has 0 radical (unpaired) electrons. The molecule has 1 atom stereocenters. The minimum atomic E-state index is -1.41. The number of benzene rings is 1. The van der Waals surface area contributed by atoms with Crippen molar-refractivity contribution in [2.45, 2.75) is 13.0 Å². The molecule has 74 valence electrons. The fourth-order valence-electron chi connectivity index (χ4n) is 1.22. The Bertz CT molecular complexity index is 372. The largest absolute Gasteiger partial charge is 0.380 e. The summed E-state index contributed by atoms with van der Waals surface area (Å²) in [5.41, 5.74) is 0.433. The Hall–Kier alpha value is -1.48. The van der Waals surface area contributed by atoms with E-state index in [4.69, 9.17) is 0 Å². The van der Waals surface area contributed by atoms with Crippen LogP contribution in [0, 0.1) is 5.82 Å². The van der Waals surface area contributed by atoms with Gasteiger partial charge in [-0.2, -0.15) is 0 Å². The van der Waals surface area contributed by atoms with Crippen LogP contribution in [0.5, 0.6) is 0 Å². The third kappa shape index (κ3) is 1.88. The van der Waals surface area contributed by atoms with Gasteiger partial charge in [0.2, 0.25) is 0 Å². The molecule has 0 aliphatic rings. The maximum absolute atomic E-state index is 13.3. The normalized spacial score (nSPS) is 12.2. The van der Waals surface area contributed by atoms with Crippen LogP contribution >= 0.6 is 0 Å². The number of halogens is 1. The van der Waals surface area contributed by atoms with E-state index in [1.165, 1.54) is 25.1 Å². The third-order valence-electron chi connectivity index (χ3n) is 1.97. The van der Waals surface area contributed by atoms with Gasteiger partial charge in [-0.25, -0.2) is 4.39 Å². The standard InChI is InChI=1S/C11H11FO2/c1-3-8-5-4-6-9(12)10(8)11(14)7(2)13/h3-6,11,14H,1H2,2H3. The number of Topliss-reactive ketones (excluding diaryl/α,β-unsaturated/α-hetero) is 1. The Balaban J connectivity index is 3.30. The van der Waals surface area contributed by atoms with E-state index in [0.717, 1.165) is 0 Å². The Morgan fingerprint density at radius 1 is 1.64 bits per heavy atom. The molecular formula is C11H11FO2. The predicted molar refractivity (Wildman–Crippen MR) is 52.1 cm³/mol. The summed E-state index contributed by atoms with van der Waals surface area (Å²) in [6.07, 6.45) is -0.00546. The molecule has 2 nitrogen and oxygen atoms in total. The zero-order valence-corrected chi connectivity index (χ0v) is 7.83. The molecule has 0 aliphatic carbocycles. The van der Waals surface area contributed by atoms with Crippen LogP contribution in [0.25, 0.3) is 6.08 Å². The highest BCUT2D eigenvalue weighted by molar-refractivity contribution is 5.83. The average Bonchev–Trinajstić information content (AvgIpc) is 2.16. The summed E-state index contributed by atoms with van der Waals surface area (Å²) in [5.74, 6) is -1.08. The van der Waals surface area contributed by atoms with Crippen molar-refractivity contribution in [3.63, 3.8) is 0 Å². The summed E-state index contributed by atoms with van der Waals surface area (Å²) in [4.78, 5) is 10.9. The van der Waals surface area contributed by atoms with Crippen molar-refractivity contribution in [1.29, 1.82) is 0 Å². The molecule has 1 aromatic rings. The number of hydrogen-bond donors (Lipinski definition) is 1. The van der Waals surface area contributed by atoms with Crippen molar-refractivity contribution in [2.24, 2.45) is 0 Å². The van der Waals surface area contributed by atoms with E-state index in [2.05, 4.69) is 6.58 Å².